The zero-order valence-corrected chi connectivity index (χ0v) is 31.2. The number of fused-ring (bicyclic) bond motifs is 2. The molecule has 3 aliphatic rings. The van der Waals surface area contributed by atoms with Crippen LogP contribution in [0.3, 0.4) is 0 Å². The molecule has 8 nitrogen and oxygen atoms in total. The first-order valence-electron chi connectivity index (χ1n) is 17.3. The maximum absolute atomic E-state index is 12.0. The fraction of sp³-hybridized carbons (Fsp3) is 0.475. The number of methoxy groups -OCH3 is 2. The molecule has 9 heteroatoms. The predicted octanol–water partition coefficient (Wildman–Crippen LogP) is 7.94. The first-order valence-corrected chi connectivity index (χ1v) is 18.8. The largest absolute Gasteiger partial charge is 0.493 e. The third-order valence-electron chi connectivity index (χ3n) is 10.1. The molecule has 2 aromatic rings. The molecule has 0 amide bonds. The lowest BCUT2D eigenvalue weighted by atomic mass is 9.81. The predicted molar refractivity (Wildman–Crippen MR) is 197 cm³/mol. The Morgan fingerprint density at radius 1 is 0.918 bits per heavy atom. The summed E-state index contributed by atoms with van der Waals surface area (Å²) >= 11 is 0. The molecule has 0 aromatic heterocycles. The maximum Gasteiger partial charge on any atom is 0.294 e. The highest BCUT2D eigenvalue weighted by atomic mass is 32.2. The molecule has 0 saturated carbocycles. The lowest BCUT2D eigenvalue weighted by Gasteiger charge is -2.27. The zero-order valence-electron chi connectivity index (χ0n) is 30.4. The standard InChI is InChI=1S/C40H52N2O6S/c1-9-23-48-38-29(14-19-36-39(3,4)32-26-28(2)13-17-34(32)41(36)21-24-46-7)11-10-12-30(38)15-20-37-40(5,6)33-27-31(49(43,44)45)16-18-35(33)42(37)22-25-47-8/h13-20,26-27H,9-12,21-25H2,1-8H3/p+1. The van der Waals surface area contributed by atoms with Gasteiger partial charge in [0.2, 0.25) is 5.69 Å². The Morgan fingerprint density at radius 3 is 2.37 bits per heavy atom. The van der Waals surface area contributed by atoms with Crippen molar-refractivity contribution in [2.45, 2.75) is 83.0 Å². The zero-order chi connectivity index (χ0) is 35.6. The van der Waals surface area contributed by atoms with Gasteiger partial charge in [-0.15, -0.1) is 0 Å². The summed E-state index contributed by atoms with van der Waals surface area (Å²) in [6.07, 6.45) is 12.6. The second-order valence-electron chi connectivity index (χ2n) is 14.2. The van der Waals surface area contributed by atoms with Gasteiger partial charge in [0.1, 0.15) is 12.4 Å². The summed E-state index contributed by atoms with van der Waals surface area (Å²) in [5, 5.41) is 0. The Balaban J connectivity index is 1.57. The van der Waals surface area contributed by atoms with Crippen LogP contribution >= 0.6 is 0 Å². The molecule has 0 radical (unpaired) electrons. The van der Waals surface area contributed by atoms with Crippen LogP contribution in [0, 0.1) is 6.92 Å². The molecule has 2 aliphatic heterocycles. The van der Waals surface area contributed by atoms with Gasteiger partial charge in [-0.2, -0.15) is 13.0 Å². The van der Waals surface area contributed by atoms with Crippen molar-refractivity contribution in [1.82, 2.24) is 0 Å². The normalized spacial score (nSPS) is 20.2. The minimum atomic E-state index is -4.34. The number of ether oxygens (including phenoxy) is 3. The second-order valence-corrected chi connectivity index (χ2v) is 15.7. The molecule has 5 rings (SSSR count). The van der Waals surface area contributed by atoms with Gasteiger partial charge in [0.25, 0.3) is 10.1 Å². The Hall–Kier alpha value is -3.50. The first-order chi connectivity index (χ1) is 23.2. The van der Waals surface area contributed by atoms with Gasteiger partial charge in [-0.1, -0.05) is 44.5 Å². The summed E-state index contributed by atoms with van der Waals surface area (Å²) in [4.78, 5) is 2.29. The molecule has 0 bridgehead atoms. The second kappa shape index (κ2) is 14.8. The number of rotatable bonds is 13. The molecule has 1 aliphatic carbocycles. The van der Waals surface area contributed by atoms with Crippen LogP contribution in [0.1, 0.15) is 77.0 Å². The van der Waals surface area contributed by atoms with E-state index in [0.29, 0.717) is 26.4 Å². The van der Waals surface area contributed by atoms with E-state index in [4.69, 9.17) is 14.2 Å². The minimum Gasteiger partial charge on any atom is -0.493 e. The van der Waals surface area contributed by atoms with E-state index in [2.05, 4.69) is 93.5 Å². The number of allylic oxidation sites excluding steroid dienone is 7. The van der Waals surface area contributed by atoms with Crippen LogP contribution < -0.4 is 4.90 Å². The van der Waals surface area contributed by atoms with Gasteiger partial charge in [0.05, 0.1) is 23.5 Å². The van der Waals surface area contributed by atoms with Crippen LogP contribution in [0.15, 0.2) is 88.2 Å². The van der Waals surface area contributed by atoms with Crippen LogP contribution in [-0.2, 0) is 35.2 Å². The SMILES string of the molecule is CCCOC1=C(C=CC2=[N+](CCOC)c3ccc(S(=O)(=O)O)cc3C2(C)C)CCCC1=CC=C1N(CCOC)c2ccc(C)cc2C1(C)C. The molecular formula is C40H53N2O6S+. The quantitative estimate of drug-likeness (QED) is 0.169. The van der Waals surface area contributed by atoms with E-state index in [9.17, 15) is 13.0 Å². The van der Waals surface area contributed by atoms with Crippen molar-refractivity contribution in [2.24, 2.45) is 0 Å². The molecule has 0 saturated heterocycles. The minimum absolute atomic E-state index is 0.102. The van der Waals surface area contributed by atoms with Crippen molar-refractivity contribution in [1.29, 1.82) is 0 Å². The van der Waals surface area contributed by atoms with Crippen LogP contribution in [0.5, 0.6) is 0 Å². The third kappa shape index (κ3) is 7.36. The molecule has 0 fully saturated rings. The van der Waals surface area contributed by atoms with Gasteiger partial charge >= 0.3 is 0 Å². The average molecular weight is 690 g/mol. The van der Waals surface area contributed by atoms with Gasteiger partial charge in [-0.05, 0) is 93.5 Å². The molecule has 1 N–H and O–H groups in total. The van der Waals surface area contributed by atoms with Gasteiger partial charge in [-0.3, -0.25) is 4.55 Å². The molecule has 0 atom stereocenters. The highest BCUT2D eigenvalue weighted by Gasteiger charge is 2.45. The Morgan fingerprint density at radius 2 is 1.67 bits per heavy atom. The number of anilines is 1. The molecule has 49 heavy (non-hydrogen) atoms. The van der Waals surface area contributed by atoms with Gasteiger partial charge in [0.15, 0.2) is 12.3 Å². The van der Waals surface area contributed by atoms with Crippen LogP contribution in [0.2, 0.25) is 0 Å². The van der Waals surface area contributed by atoms with Gasteiger partial charge in [0, 0.05) is 55.3 Å². The summed E-state index contributed by atoms with van der Waals surface area (Å²) in [5.74, 6) is 0.944. The number of hydrogen-bond donors (Lipinski definition) is 1. The fourth-order valence-electron chi connectivity index (χ4n) is 7.42. The van der Waals surface area contributed by atoms with Crippen molar-refractivity contribution >= 4 is 27.2 Å². The van der Waals surface area contributed by atoms with E-state index in [1.54, 1.807) is 26.4 Å². The molecule has 0 spiro atoms. The van der Waals surface area contributed by atoms with Gasteiger partial charge < -0.3 is 19.1 Å². The van der Waals surface area contributed by atoms with E-state index in [1.807, 2.05) is 0 Å². The lowest BCUT2D eigenvalue weighted by Crippen LogP contribution is -2.29. The number of hydrogen-bond acceptors (Lipinski definition) is 6. The molecular weight excluding hydrogens is 637 g/mol. The summed E-state index contributed by atoms with van der Waals surface area (Å²) in [6.45, 7) is 16.2. The van der Waals surface area contributed by atoms with E-state index >= 15 is 0 Å². The summed E-state index contributed by atoms with van der Waals surface area (Å²) in [5.41, 5.74) is 9.51. The maximum atomic E-state index is 12.0. The summed E-state index contributed by atoms with van der Waals surface area (Å²) in [7, 11) is -0.912. The highest BCUT2D eigenvalue weighted by Crippen LogP contribution is 2.48. The molecule has 2 heterocycles. The van der Waals surface area contributed by atoms with Crippen molar-refractivity contribution in [3.63, 3.8) is 0 Å². The van der Waals surface area contributed by atoms with Crippen molar-refractivity contribution in [3.05, 3.63) is 100.0 Å². The fourth-order valence-corrected chi connectivity index (χ4v) is 7.93. The van der Waals surface area contributed by atoms with Crippen molar-refractivity contribution in [2.75, 3.05) is 52.0 Å². The Kier molecular flexibility index (Phi) is 11.1. The third-order valence-corrected chi connectivity index (χ3v) is 10.9. The number of nitrogens with zero attached hydrogens (tertiary/aromatic N) is 2. The Labute approximate surface area is 293 Å². The van der Waals surface area contributed by atoms with E-state index in [0.717, 1.165) is 60.5 Å². The molecule has 0 unspecified atom stereocenters. The number of benzene rings is 2. The summed E-state index contributed by atoms with van der Waals surface area (Å²) in [6, 6.07) is 11.6. The van der Waals surface area contributed by atoms with E-state index < -0.39 is 15.5 Å². The molecule has 2 aromatic carbocycles. The van der Waals surface area contributed by atoms with Crippen LogP contribution in [0.4, 0.5) is 11.4 Å². The smallest absolute Gasteiger partial charge is 0.294 e. The van der Waals surface area contributed by atoms with E-state index in [1.165, 1.54) is 34.2 Å². The number of aryl methyl sites for hydroxylation is 1. The topological polar surface area (TPSA) is 88.3 Å². The monoisotopic (exact) mass is 689 g/mol. The van der Waals surface area contributed by atoms with Crippen molar-refractivity contribution < 1.29 is 31.8 Å². The van der Waals surface area contributed by atoms with Gasteiger partial charge in [-0.25, -0.2) is 0 Å². The van der Waals surface area contributed by atoms with E-state index in [-0.39, 0.29) is 10.3 Å². The van der Waals surface area contributed by atoms with Crippen molar-refractivity contribution in [3.8, 4) is 0 Å². The Bertz CT molecular complexity index is 1850. The molecule has 264 valence electrons. The first kappa shape index (κ1) is 36.8. The summed E-state index contributed by atoms with van der Waals surface area (Å²) < 4.78 is 53.6. The lowest BCUT2D eigenvalue weighted by molar-refractivity contribution is -0.441. The highest BCUT2D eigenvalue weighted by molar-refractivity contribution is 7.85. The average Bonchev–Trinajstić information content (AvgIpc) is 3.40. The van der Waals surface area contributed by atoms with Crippen LogP contribution in [-0.4, -0.2) is 70.4 Å². The van der Waals surface area contributed by atoms with Crippen LogP contribution in [0.25, 0.3) is 0 Å².